The van der Waals surface area contributed by atoms with Crippen LogP contribution in [0.1, 0.15) is 0 Å². The van der Waals surface area contributed by atoms with Gasteiger partial charge in [-0.1, -0.05) is 0 Å². The Morgan fingerprint density at radius 3 is 1.60 bits per heavy atom. The van der Waals surface area contributed by atoms with Crippen molar-refractivity contribution in [2.24, 2.45) is 0 Å². The first-order chi connectivity index (χ1) is 2.41. The van der Waals surface area contributed by atoms with E-state index >= 15 is 0 Å². The fourth-order valence-electron chi connectivity index (χ4n) is 0.0745. The molecule has 32 valence electrons. The summed E-state index contributed by atoms with van der Waals surface area (Å²) < 4.78 is 8.88. The third-order valence-electron chi connectivity index (χ3n) is 0.149. The molecule has 0 aliphatic rings. The van der Waals surface area contributed by atoms with E-state index < -0.39 is 0 Å². The molecule has 5 heavy (non-hydrogen) atoms. The van der Waals surface area contributed by atoms with E-state index in [0.29, 0.717) is 9.03 Å². The van der Waals surface area contributed by atoms with Gasteiger partial charge in [-0.05, 0) is 0 Å². The van der Waals surface area contributed by atoms with Crippen LogP contribution < -0.4 is 0 Å². The molecule has 0 saturated carbocycles. The van der Waals surface area contributed by atoms with Crippen LogP contribution in [0, 0.1) is 0 Å². The van der Waals surface area contributed by atoms with Crippen LogP contribution in [0.2, 0.25) is 0 Å². The summed E-state index contributed by atoms with van der Waals surface area (Å²) in [6.45, 7) is 0. The lowest BCUT2D eigenvalue weighted by Gasteiger charge is -2.09. The first kappa shape index (κ1) is 5.35. The average Bonchev–Trinajstić information content (AvgIpc) is 1.41. The Hall–Kier alpha value is 0.350. The molecule has 0 aromatic heterocycles. The van der Waals surface area contributed by atoms with E-state index in [9.17, 15) is 0 Å². The van der Waals surface area contributed by atoms with Crippen molar-refractivity contribution >= 4 is 9.03 Å². The second kappa shape index (κ2) is 4.35. The third kappa shape index (κ3) is 4.35. The zero-order chi connectivity index (χ0) is 4.12. The summed E-state index contributed by atoms with van der Waals surface area (Å²) in [4.78, 5) is 0. The van der Waals surface area contributed by atoms with Crippen LogP contribution >= 0.6 is 9.03 Å². The monoisotopic (exact) mass is 93.0 g/mol. The molecule has 0 spiro atoms. The molecular formula is C2H6O2P-. The third-order valence-corrected chi connectivity index (χ3v) is 0.447. The first-order valence-corrected chi connectivity index (χ1v) is 1.91. The van der Waals surface area contributed by atoms with Gasteiger partial charge in [0.2, 0.25) is 0 Å². The summed E-state index contributed by atoms with van der Waals surface area (Å²) in [5.41, 5.74) is 0. The molecule has 0 aromatic carbocycles. The molecule has 0 aliphatic heterocycles. The molecule has 0 rings (SSSR count). The predicted octanol–water partition coefficient (Wildman–Crippen LogP) is 1.06. The molecule has 0 N–H and O–H groups in total. The lowest BCUT2D eigenvalue weighted by molar-refractivity contribution is 0.362. The van der Waals surface area contributed by atoms with Gasteiger partial charge in [-0.3, -0.25) is 0 Å². The van der Waals surface area contributed by atoms with Gasteiger partial charge in [-0.2, -0.15) is 0 Å². The zero-order valence-electron chi connectivity index (χ0n) is 3.26. The van der Waals surface area contributed by atoms with Gasteiger partial charge in [-0.25, -0.2) is 9.03 Å². The van der Waals surface area contributed by atoms with Crippen LogP contribution in [0.25, 0.3) is 0 Å². The maximum Gasteiger partial charge on any atom is 0.00132 e. The van der Waals surface area contributed by atoms with Crippen LogP contribution in [0.5, 0.6) is 0 Å². The van der Waals surface area contributed by atoms with Gasteiger partial charge in [0.25, 0.3) is 0 Å². The van der Waals surface area contributed by atoms with Crippen LogP contribution in [0.4, 0.5) is 0 Å². The van der Waals surface area contributed by atoms with Crippen molar-refractivity contribution in [2.45, 2.75) is 0 Å². The maximum absolute atomic E-state index is 4.44. The van der Waals surface area contributed by atoms with Crippen LogP contribution in [-0.2, 0) is 9.05 Å². The molecule has 0 heterocycles. The SMILES string of the molecule is CO[P-]OC. The Morgan fingerprint density at radius 1 is 1.20 bits per heavy atom. The van der Waals surface area contributed by atoms with Crippen LogP contribution in [-0.4, -0.2) is 14.2 Å². The molecule has 0 aliphatic carbocycles. The average molecular weight is 93.0 g/mol. The molecule has 0 aromatic rings. The summed E-state index contributed by atoms with van der Waals surface area (Å²) in [7, 11) is 3.73. The molecule has 0 unspecified atom stereocenters. The van der Waals surface area contributed by atoms with E-state index in [2.05, 4.69) is 9.05 Å². The Bertz CT molecular complexity index is 15.1. The van der Waals surface area contributed by atoms with Crippen molar-refractivity contribution in [2.75, 3.05) is 14.2 Å². The van der Waals surface area contributed by atoms with Crippen molar-refractivity contribution in [1.29, 1.82) is 0 Å². The van der Waals surface area contributed by atoms with E-state index in [0.717, 1.165) is 0 Å². The summed E-state index contributed by atoms with van der Waals surface area (Å²) >= 11 is 0. The molecule has 0 radical (unpaired) electrons. The second-order valence-electron chi connectivity index (χ2n) is 0.440. The van der Waals surface area contributed by atoms with Crippen molar-refractivity contribution < 1.29 is 9.05 Å². The lowest BCUT2D eigenvalue weighted by atomic mass is 11.8. The van der Waals surface area contributed by atoms with Gasteiger partial charge >= 0.3 is 0 Å². The highest BCUT2D eigenvalue weighted by Crippen LogP contribution is 2.05. The highest BCUT2D eigenvalue weighted by atomic mass is 31.1. The fraction of sp³-hybridized carbons (Fsp3) is 1.00. The van der Waals surface area contributed by atoms with E-state index in [4.69, 9.17) is 0 Å². The molecule has 0 atom stereocenters. The van der Waals surface area contributed by atoms with Gasteiger partial charge in [0, 0.05) is 14.2 Å². The Kier molecular flexibility index (Phi) is 4.65. The maximum atomic E-state index is 4.44. The standard InChI is InChI=1S/C2H6O2P/c1-3-5-4-2/h1-2H3/q-1. The van der Waals surface area contributed by atoms with Crippen molar-refractivity contribution in [3.8, 4) is 0 Å². The van der Waals surface area contributed by atoms with E-state index in [1.807, 2.05) is 0 Å². The molecular weight excluding hydrogens is 87.0 g/mol. The minimum atomic E-state index is 0.580. The lowest BCUT2D eigenvalue weighted by Crippen LogP contribution is -1.60. The fourth-order valence-corrected chi connectivity index (χ4v) is 0.224. The van der Waals surface area contributed by atoms with Crippen molar-refractivity contribution in [3.63, 3.8) is 0 Å². The second-order valence-corrected chi connectivity index (χ2v) is 1.32. The number of hydrogen-bond donors (Lipinski definition) is 0. The normalized spacial score (nSPS) is 8.40. The van der Waals surface area contributed by atoms with Gasteiger partial charge in [-0.15, -0.1) is 0 Å². The topological polar surface area (TPSA) is 18.5 Å². The van der Waals surface area contributed by atoms with Gasteiger partial charge in [0.05, 0.1) is 0 Å². The van der Waals surface area contributed by atoms with E-state index in [1.165, 1.54) is 0 Å². The molecule has 0 fully saturated rings. The molecule has 3 heteroatoms. The summed E-state index contributed by atoms with van der Waals surface area (Å²) in [5, 5.41) is 0. The highest BCUT2D eigenvalue weighted by molar-refractivity contribution is 7.26. The Morgan fingerprint density at radius 2 is 1.60 bits per heavy atom. The Labute approximate surface area is 33.4 Å². The minimum Gasteiger partial charge on any atom is -0.531 e. The number of hydrogen-bond acceptors (Lipinski definition) is 2. The van der Waals surface area contributed by atoms with Gasteiger partial charge in [0.15, 0.2) is 0 Å². The minimum absolute atomic E-state index is 0.580. The van der Waals surface area contributed by atoms with Gasteiger partial charge < -0.3 is 9.05 Å². The summed E-state index contributed by atoms with van der Waals surface area (Å²) in [6, 6.07) is 0. The molecule has 2 nitrogen and oxygen atoms in total. The van der Waals surface area contributed by atoms with Crippen LogP contribution in [0.15, 0.2) is 0 Å². The molecule has 0 bridgehead atoms. The summed E-state index contributed by atoms with van der Waals surface area (Å²) in [6.07, 6.45) is 0. The largest absolute Gasteiger partial charge is 0.531 e. The highest BCUT2D eigenvalue weighted by Gasteiger charge is 1.40. The summed E-state index contributed by atoms with van der Waals surface area (Å²) in [5.74, 6) is 0. The molecule has 0 saturated heterocycles. The Balaban J connectivity index is 2.19. The first-order valence-electron chi connectivity index (χ1n) is 1.18. The smallest absolute Gasteiger partial charge is 0.00132 e. The van der Waals surface area contributed by atoms with E-state index in [-0.39, 0.29) is 0 Å². The predicted molar refractivity (Wildman–Crippen MR) is 20.9 cm³/mol. The number of rotatable bonds is 2. The zero-order valence-corrected chi connectivity index (χ0v) is 4.16. The van der Waals surface area contributed by atoms with Crippen molar-refractivity contribution in [1.82, 2.24) is 0 Å². The van der Waals surface area contributed by atoms with Crippen LogP contribution in [0.3, 0.4) is 0 Å². The van der Waals surface area contributed by atoms with Crippen molar-refractivity contribution in [3.05, 3.63) is 0 Å². The van der Waals surface area contributed by atoms with E-state index in [1.54, 1.807) is 14.2 Å². The molecule has 0 amide bonds. The quantitative estimate of drug-likeness (QED) is 0.475. The van der Waals surface area contributed by atoms with Gasteiger partial charge in [0.1, 0.15) is 0 Å².